The number of piperidine rings is 1. The standard InChI is InChI=1S/C17H18F3N3OS.C4H4O4/c1-23-12-5-6-13(23)9-14(8-12)24-16-22-21-15(25-16)10-3-2-4-11(7-10)17(18,19)20;5-3(6)1-2-4(7)8/h2-4,7,12-14H,5-6,8-9H2,1H3;1-2H,(H,5,6)(H,7,8)/b;2-1+. The number of fused-ring (bicyclic) bond motifs is 2. The van der Waals surface area contributed by atoms with Gasteiger partial charge >= 0.3 is 18.1 Å². The number of alkyl halides is 3. The van der Waals surface area contributed by atoms with Crippen LogP contribution >= 0.6 is 11.3 Å². The van der Waals surface area contributed by atoms with E-state index in [1.807, 2.05) is 0 Å². The highest BCUT2D eigenvalue weighted by Gasteiger charge is 2.39. The van der Waals surface area contributed by atoms with Crippen LogP contribution in [0.5, 0.6) is 5.19 Å². The van der Waals surface area contributed by atoms with Crippen molar-refractivity contribution in [2.75, 3.05) is 7.05 Å². The Hall–Kier alpha value is -2.99. The van der Waals surface area contributed by atoms with E-state index < -0.39 is 23.7 Å². The molecule has 2 unspecified atom stereocenters. The third-order valence-corrected chi connectivity index (χ3v) is 6.40. The molecule has 2 N–H and O–H groups in total. The van der Waals surface area contributed by atoms with Crippen LogP contribution in [0.2, 0.25) is 0 Å². The van der Waals surface area contributed by atoms with Crippen molar-refractivity contribution in [3.8, 4) is 15.8 Å². The van der Waals surface area contributed by atoms with Crippen LogP contribution in [-0.4, -0.2) is 62.5 Å². The molecule has 0 spiro atoms. The first-order valence-corrected chi connectivity index (χ1v) is 10.9. The van der Waals surface area contributed by atoms with Crippen molar-refractivity contribution in [1.29, 1.82) is 0 Å². The Balaban J connectivity index is 0.000000331. The van der Waals surface area contributed by atoms with Gasteiger partial charge in [0.1, 0.15) is 6.10 Å². The monoisotopic (exact) mass is 485 g/mol. The number of benzene rings is 1. The van der Waals surface area contributed by atoms with Gasteiger partial charge in [0.05, 0.1) is 5.56 Å². The number of aliphatic carboxylic acids is 2. The fourth-order valence-electron chi connectivity index (χ4n) is 3.95. The summed E-state index contributed by atoms with van der Waals surface area (Å²) in [4.78, 5) is 21.5. The van der Waals surface area contributed by atoms with Gasteiger partial charge in [-0.1, -0.05) is 28.6 Å². The molecule has 2 aromatic rings. The van der Waals surface area contributed by atoms with Crippen molar-refractivity contribution in [3.05, 3.63) is 42.0 Å². The highest BCUT2D eigenvalue weighted by molar-refractivity contribution is 7.16. The predicted octanol–water partition coefficient (Wildman–Crippen LogP) is 3.94. The fourth-order valence-corrected chi connectivity index (χ4v) is 4.70. The van der Waals surface area contributed by atoms with E-state index >= 15 is 0 Å². The number of carboxylic acids is 2. The lowest BCUT2D eigenvalue weighted by Gasteiger charge is -2.35. The number of rotatable bonds is 5. The molecule has 0 saturated carbocycles. The fraction of sp³-hybridized carbons (Fsp3) is 0.429. The predicted molar refractivity (Wildman–Crippen MR) is 113 cm³/mol. The van der Waals surface area contributed by atoms with Gasteiger partial charge in [-0.05, 0) is 44.9 Å². The van der Waals surface area contributed by atoms with E-state index in [0.29, 0.717) is 40.0 Å². The number of ether oxygens (including phenoxy) is 1. The molecule has 2 aliphatic rings. The number of carbonyl (C=O) groups is 2. The smallest absolute Gasteiger partial charge is 0.416 e. The molecule has 2 saturated heterocycles. The summed E-state index contributed by atoms with van der Waals surface area (Å²) in [6.45, 7) is 0. The van der Waals surface area contributed by atoms with Gasteiger partial charge in [-0.3, -0.25) is 0 Å². The third kappa shape index (κ3) is 6.75. The molecular formula is C21H22F3N3O5S. The van der Waals surface area contributed by atoms with E-state index in [4.69, 9.17) is 14.9 Å². The quantitative estimate of drug-likeness (QED) is 0.613. The maximum atomic E-state index is 12.8. The summed E-state index contributed by atoms with van der Waals surface area (Å²) in [6.07, 6.45) is 1.19. The van der Waals surface area contributed by atoms with Crippen LogP contribution in [0.3, 0.4) is 0 Å². The van der Waals surface area contributed by atoms with E-state index in [1.54, 1.807) is 6.07 Å². The van der Waals surface area contributed by atoms with Gasteiger partial charge in [0.15, 0.2) is 5.01 Å². The highest BCUT2D eigenvalue weighted by Crippen LogP contribution is 2.38. The van der Waals surface area contributed by atoms with Crippen LogP contribution in [0.1, 0.15) is 31.2 Å². The molecule has 2 fully saturated rings. The number of hydrogen-bond acceptors (Lipinski definition) is 7. The van der Waals surface area contributed by atoms with Crippen LogP contribution in [0.15, 0.2) is 36.4 Å². The van der Waals surface area contributed by atoms with Crippen molar-refractivity contribution in [1.82, 2.24) is 15.1 Å². The first-order valence-electron chi connectivity index (χ1n) is 10.1. The zero-order valence-corrected chi connectivity index (χ0v) is 18.3. The number of carboxylic acid groups (broad SMARTS) is 2. The van der Waals surface area contributed by atoms with Gasteiger partial charge in [0.25, 0.3) is 5.19 Å². The summed E-state index contributed by atoms with van der Waals surface area (Å²) in [5.74, 6) is -2.51. The first-order chi connectivity index (χ1) is 15.5. The molecule has 1 aromatic carbocycles. The Labute approximate surface area is 191 Å². The number of nitrogens with zero attached hydrogens (tertiary/aromatic N) is 3. The van der Waals surface area contributed by atoms with Gasteiger partial charge in [-0.25, -0.2) is 9.59 Å². The molecule has 1 aromatic heterocycles. The lowest BCUT2D eigenvalue weighted by Crippen LogP contribution is -2.43. The lowest BCUT2D eigenvalue weighted by atomic mass is 10.0. The van der Waals surface area contributed by atoms with E-state index in [9.17, 15) is 22.8 Å². The minimum Gasteiger partial charge on any atom is -0.478 e. The van der Waals surface area contributed by atoms with Crippen LogP contribution in [0.25, 0.3) is 10.6 Å². The maximum Gasteiger partial charge on any atom is 0.416 e. The Morgan fingerprint density at radius 2 is 1.73 bits per heavy atom. The van der Waals surface area contributed by atoms with Gasteiger partial charge in [0.2, 0.25) is 0 Å². The molecule has 0 aliphatic carbocycles. The van der Waals surface area contributed by atoms with Crippen molar-refractivity contribution in [2.45, 2.75) is 50.0 Å². The van der Waals surface area contributed by atoms with E-state index in [0.717, 1.165) is 25.0 Å². The minimum atomic E-state index is -4.37. The summed E-state index contributed by atoms with van der Waals surface area (Å²) in [5, 5.41) is 24.5. The number of hydrogen-bond donors (Lipinski definition) is 2. The largest absolute Gasteiger partial charge is 0.478 e. The van der Waals surface area contributed by atoms with Crippen molar-refractivity contribution >= 4 is 23.3 Å². The molecule has 178 valence electrons. The minimum absolute atomic E-state index is 0.107. The molecule has 3 heterocycles. The topological polar surface area (TPSA) is 113 Å². The summed E-state index contributed by atoms with van der Waals surface area (Å²) in [7, 11) is 2.16. The average Bonchev–Trinajstić information content (AvgIpc) is 3.27. The van der Waals surface area contributed by atoms with E-state index in [-0.39, 0.29) is 6.10 Å². The Morgan fingerprint density at radius 3 is 2.27 bits per heavy atom. The first kappa shape index (κ1) is 24.6. The van der Waals surface area contributed by atoms with Crippen LogP contribution in [0.4, 0.5) is 13.2 Å². The second-order valence-electron chi connectivity index (χ2n) is 7.72. The molecule has 2 atom stereocenters. The van der Waals surface area contributed by atoms with Gasteiger partial charge in [0, 0.05) is 29.8 Å². The Kier molecular flexibility index (Phi) is 7.69. The van der Waals surface area contributed by atoms with Gasteiger partial charge < -0.3 is 19.8 Å². The molecule has 12 heteroatoms. The molecule has 8 nitrogen and oxygen atoms in total. The summed E-state index contributed by atoms with van der Waals surface area (Å²) < 4.78 is 44.5. The summed E-state index contributed by atoms with van der Waals surface area (Å²) in [5.41, 5.74) is -0.278. The number of halogens is 3. The van der Waals surface area contributed by atoms with Gasteiger partial charge in [-0.15, -0.1) is 5.10 Å². The maximum absolute atomic E-state index is 12.8. The molecule has 2 bridgehead atoms. The second-order valence-corrected chi connectivity index (χ2v) is 8.66. The van der Waals surface area contributed by atoms with E-state index in [1.165, 1.54) is 30.2 Å². The Bertz CT molecular complexity index is 997. The molecule has 4 rings (SSSR count). The zero-order valence-electron chi connectivity index (χ0n) is 17.5. The van der Waals surface area contributed by atoms with Crippen molar-refractivity contribution in [3.63, 3.8) is 0 Å². The second kappa shape index (κ2) is 10.3. The SMILES string of the molecule is CN1C2CCC1CC(Oc1nnc(-c3cccc(C(F)(F)F)c3)s1)C2.O=C(O)/C=C/C(=O)O. The van der Waals surface area contributed by atoms with Gasteiger partial charge in [-0.2, -0.15) is 13.2 Å². The van der Waals surface area contributed by atoms with Crippen LogP contribution < -0.4 is 4.74 Å². The molecule has 0 radical (unpaired) electrons. The lowest BCUT2D eigenvalue weighted by molar-refractivity contribution is -0.137. The van der Waals surface area contributed by atoms with Crippen molar-refractivity contribution < 1.29 is 37.7 Å². The zero-order chi connectivity index (χ0) is 24.2. The Morgan fingerprint density at radius 1 is 1.12 bits per heavy atom. The highest BCUT2D eigenvalue weighted by atomic mass is 32.1. The number of aromatic nitrogens is 2. The summed E-state index contributed by atoms with van der Waals surface area (Å²) >= 11 is 1.20. The molecule has 0 amide bonds. The molecular weight excluding hydrogens is 463 g/mol. The average molecular weight is 485 g/mol. The summed E-state index contributed by atoms with van der Waals surface area (Å²) in [6, 6.07) is 6.25. The van der Waals surface area contributed by atoms with Crippen molar-refractivity contribution in [2.24, 2.45) is 0 Å². The normalized spacial score (nSPS) is 22.6. The van der Waals surface area contributed by atoms with Crippen LogP contribution in [0, 0.1) is 0 Å². The van der Waals surface area contributed by atoms with E-state index in [2.05, 4.69) is 22.1 Å². The molecule has 2 aliphatic heterocycles. The molecule has 33 heavy (non-hydrogen) atoms. The van der Waals surface area contributed by atoms with Crippen LogP contribution in [-0.2, 0) is 15.8 Å². The third-order valence-electron chi connectivity index (χ3n) is 5.53.